The number of aliphatic hydroxyl groups excluding tert-OH is 1. The van der Waals surface area contributed by atoms with Gasteiger partial charge in [0.15, 0.2) is 0 Å². The van der Waals surface area contributed by atoms with Crippen molar-refractivity contribution >= 4 is 12.0 Å². The normalized spacial score (nSPS) is 23.2. The summed E-state index contributed by atoms with van der Waals surface area (Å²) in [5, 5.41) is 23.1. The van der Waals surface area contributed by atoms with E-state index in [4.69, 9.17) is 9.47 Å². The lowest BCUT2D eigenvalue weighted by molar-refractivity contribution is -0.131. The minimum absolute atomic E-state index is 0.182. The number of nitrogens with one attached hydrogen (secondary N) is 1. The number of aliphatic hydroxyl groups is 1. The standard InChI is InChI=1S/C23H31N3O5/c1-22(2,3)31-21(29)26-10-8-15(9-11-26)20(28)25-18-16-12-14(13-24)6-7-17(16)30-23(4,5)19(18)27/h6-7,12,15,18-19,27H,8-11H2,1-5H3,(H,25,28)/t18-,19+/m1/s1. The van der Waals surface area contributed by atoms with Crippen molar-refractivity contribution < 1.29 is 24.2 Å². The lowest BCUT2D eigenvalue weighted by Gasteiger charge is -2.43. The second kappa shape index (κ2) is 8.39. The number of hydrogen-bond acceptors (Lipinski definition) is 6. The first-order valence-electron chi connectivity index (χ1n) is 10.6. The van der Waals surface area contributed by atoms with E-state index in [0.717, 1.165) is 0 Å². The van der Waals surface area contributed by atoms with Crippen LogP contribution in [0.3, 0.4) is 0 Å². The van der Waals surface area contributed by atoms with E-state index in [2.05, 4.69) is 11.4 Å². The van der Waals surface area contributed by atoms with Crippen molar-refractivity contribution in [2.24, 2.45) is 5.92 Å². The third-order valence-corrected chi connectivity index (χ3v) is 5.69. The molecule has 3 rings (SSSR count). The van der Waals surface area contributed by atoms with E-state index >= 15 is 0 Å². The Morgan fingerprint density at radius 1 is 1.29 bits per heavy atom. The Balaban J connectivity index is 1.69. The van der Waals surface area contributed by atoms with E-state index < -0.39 is 23.3 Å². The highest BCUT2D eigenvalue weighted by Gasteiger charge is 2.44. The number of fused-ring (bicyclic) bond motifs is 1. The molecule has 2 atom stereocenters. The van der Waals surface area contributed by atoms with Gasteiger partial charge in [-0.3, -0.25) is 4.79 Å². The van der Waals surface area contributed by atoms with Gasteiger partial charge in [-0.25, -0.2) is 4.79 Å². The topological polar surface area (TPSA) is 112 Å². The summed E-state index contributed by atoms with van der Waals surface area (Å²) < 4.78 is 11.3. The van der Waals surface area contributed by atoms with Gasteiger partial charge in [0, 0.05) is 24.6 Å². The molecule has 1 saturated heterocycles. The minimum Gasteiger partial charge on any atom is -0.485 e. The monoisotopic (exact) mass is 429 g/mol. The maximum absolute atomic E-state index is 13.0. The summed E-state index contributed by atoms with van der Waals surface area (Å²) >= 11 is 0. The predicted octanol–water partition coefficient (Wildman–Crippen LogP) is 2.89. The number of ether oxygens (including phenoxy) is 2. The fourth-order valence-electron chi connectivity index (χ4n) is 3.95. The number of piperidine rings is 1. The Kier molecular flexibility index (Phi) is 6.19. The number of nitriles is 1. The molecule has 0 aliphatic carbocycles. The van der Waals surface area contributed by atoms with Crippen LogP contribution in [0.4, 0.5) is 4.79 Å². The van der Waals surface area contributed by atoms with Gasteiger partial charge < -0.3 is 24.8 Å². The van der Waals surface area contributed by atoms with Crippen LogP contribution in [0, 0.1) is 17.2 Å². The lowest BCUT2D eigenvalue weighted by atomic mass is 9.85. The molecule has 1 aromatic carbocycles. The summed E-state index contributed by atoms with van der Waals surface area (Å²) in [6.45, 7) is 9.85. The maximum atomic E-state index is 13.0. The number of carbonyl (C=O) groups excluding carboxylic acids is 2. The van der Waals surface area contributed by atoms with Crippen LogP contribution in [0.5, 0.6) is 5.75 Å². The predicted molar refractivity (Wildman–Crippen MR) is 113 cm³/mol. The van der Waals surface area contributed by atoms with Gasteiger partial charge in [0.05, 0.1) is 17.7 Å². The summed E-state index contributed by atoms with van der Waals surface area (Å²) in [4.78, 5) is 26.9. The minimum atomic E-state index is -0.986. The van der Waals surface area contributed by atoms with Crippen LogP contribution >= 0.6 is 0 Å². The Morgan fingerprint density at radius 2 is 1.94 bits per heavy atom. The lowest BCUT2D eigenvalue weighted by Crippen LogP contribution is -2.54. The molecule has 0 unspecified atom stereocenters. The third-order valence-electron chi connectivity index (χ3n) is 5.69. The zero-order valence-electron chi connectivity index (χ0n) is 18.8. The first-order valence-corrected chi connectivity index (χ1v) is 10.6. The fourth-order valence-corrected chi connectivity index (χ4v) is 3.95. The molecule has 2 heterocycles. The molecule has 8 nitrogen and oxygen atoms in total. The number of likely N-dealkylation sites (tertiary alicyclic amines) is 1. The first kappa shape index (κ1) is 22.9. The number of carbonyl (C=O) groups is 2. The van der Waals surface area contributed by atoms with Gasteiger partial charge in [0.25, 0.3) is 0 Å². The summed E-state index contributed by atoms with van der Waals surface area (Å²) in [6, 6.07) is 6.38. The largest absolute Gasteiger partial charge is 0.485 e. The summed E-state index contributed by atoms with van der Waals surface area (Å²) in [5.41, 5.74) is -0.448. The van der Waals surface area contributed by atoms with Gasteiger partial charge in [-0.15, -0.1) is 0 Å². The van der Waals surface area contributed by atoms with Crippen molar-refractivity contribution in [3.63, 3.8) is 0 Å². The van der Waals surface area contributed by atoms with E-state index in [1.54, 1.807) is 36.9 Å². The van der Waals surface area contributed by atoms with E-state index in [1.807, 2.05) is 20.8 Å². The van der Waals surface area contributed by atoms with Crippen molar-refractivity contribution in [2.45, 2.75) is 70.8 Å². The first-order chi connectivity index (χ1) is 14.4. The van der Waals surface area contributed by atoms with Gasteiger partial charge in [0.2, 0.25) is 5.91 Å². The Labute approximate surface area is 183 Å². The van der Waals surface area contributed by atoms with Crippen LogP contribution in [0.15, 0.2) is 18.2 Å². The molecule has 168 valence electrons. The van der Waals surface area contributed by atoms with E-state index in [9.17, 15) is 20.0 Å². The molecular formula is C23H31N3O5. The quantitative estimate of drug-likeness (QED) is 0.748. The van der Waals surface area contributed by atoms with Crippen LogP contribution in [0.25, 0.3) is 0 Å². The highest BCUT2D eigenvalue weighted by molar-refractivity contribution is 5.80. The maximum Gasteiger partial charge on any atom is 0.410 e. The average molecular weight is 430 g/mol. The van der Waals surface area contributed by atoms with Gasteiger partial charge in [-0.05, 0) is 65.7 Å². The van der Waals surface area contributed by atoms with Gasteiger partial charge >= 0.3 is 6.09 Å². The van der Waals surface area contributed by atoms with Crippen molar-refractivity contribution in [3.05, 3.63) is 29.3 Å². The second-order valence-corrected chi connectivity index (χ2v) is 9.74. The van der Waals surface area contributed by atoms with E-state index in [-0.39, 0.29) is 17.9 Å². The molecule has 2 amide bonds. The molecule has 0 saturated carbocycles. The van der Waals surface area contributed by atoms with Gasteiger partial charge in [-0.2, -0.15) is 5.26 Å². The number of hydrogen-bond donors (Lipinski definition) is 2. The third kappa shape index (κ3) is 5.10. The molecule has 0 bridgehead atoms. The van der Waals surface area contributed by atoms with E-state index in [0.29, 0.717) is 42.8 Å². The molecule has 0 aromatic heterocycles. The van der Waals surface area contributed by atoms with Crippen LogP contribution in [-0.2, 0) is 9.53 Å². The van der Waals surface area contributed by atoms with Crippen molar-refractivity contribution in [1.82, 2.24) is 10.2 Å². The van der Waals surface area contributed by atoms with Gasteiger partial charge in [0.1, 0.15) is 23.1 Å². The van der Waals surface area contributed by atoms with Crippen molar-refractivity contribution in [2.75, 3.05) is 13.1 Å². The molecule has 0 spiro atoms. The Morgan fingerprint density at radius 3 is 2.52 bits per heavy atom. The Hall–Kier alpha value is -2.79. The van der Waals surface area contributed by atoms with Crippen LogP contribution in [-0.4, -0.2) is 52.4 Å². The highest BCUT2D eigenvalue weighted by Crippen LogP contribution is 2.40. The number of amides is 2. The molecule has 0 radical (unpaired) electrons. The molecule has 2 N–H and O–H groups in total. The Bertz CT molecular complexity index is 891. The summed E-state index contributed by atoms with van der Waals surface area (Å²) in [7, 11) is 0. The van der Waals surface area contributed by atoms with E-state index in [1.165, 1.54) is 0 Å². The van der Waals surface area contributed by atoms with Gasteiger partial charge in [-0.1, -0.05) is 0 Å². The summed E-state index contributed by atoms with van der Waals surface area (Å²) in [5.74, 6) is 0.0812. The smallest absolute Gasteiger partial charge is 0.410 e. The van der Waals surface area contributed by atoms with Crippen molar-refractivity contribution in [3.8, 4) is 11.8 Å². The number of rotatable bonds is 2. The highest BCUT2D eigenvalue weighted by atomic mass is 16.6. The van der Waals surface area contributed by atoms with Crippen LogP contribution in [0.2, 0.25) is 0 Å². The molecule has 8 heteroatoms. The second-order valence-electron chi connectivity index (χ2n) is 9.74. The molecule has 1 fully saturated rings. The molecule has 1 aromatic rings. The zero-order valence-corrected chi connectivity index (χ0v) is 18.8. The van der Waals surface area contributed by atoms with Crippen molar-refractivity contribution in [1.29, 1.82) is 5.26 Å². The molecule has 2 aliphatic heterocycles. The number of nitrogens with zero attached hydrogens (tertiary/aromatic N) is 2. The zero-order chi connectivity index (χ0) is 23.0. The van der Waals surface area contributed by atoms with Crippen LogP contribution in [0.1, 0.15) is 64.6 Å². The molecule has 2 aliphatic rings. The average Bonchev–Trinajstić information content (AvgIpc) is 2.69. The fraction of sp³-hybridized carbons (Fsp3) is 0.609. The number of benzene rings is 1. The van der Waals surface area contributed by atoms with Crippen LogP contribution < -0.4 is 10.1 Å². The molecule has 31 heavy (non-hydrogen) atoms. The summed E-state index contributed by atoms with van der Waals surface area (Å²) in [6.07, 6.45) is -0.330. The SMILES string of the molecule is CC(C)(C)OC(=O)N1CCC(C(=O)N[C@@H]2c3cc(C#N)ccc3OC(C)(C)[C@H]2O)CC1. The molecular weight excluding hydrogens is 398 g/mol.